The Morgan fingerprint density at radius 1 is 1.33 bits per heavy atom. The summed E-state index contributed by atoms with van der Waals surface area (Å²) < 4.78 is 31.9. The lowest BCUT2D eigenvalue weighted by atomic mass is 10.0. The Hall–Kier alpha value is -1.72. The van der Waals surface area contributed by atoms with Crippen molar-refractivity contribution in [2.75, 3.05) is 0 Å². The number of hydrogen-bond donors (Lipinski definition) is 2. The van der Waals surface area contributed by atoms with Gasteiger partial charge in [0.1, 0.15) is 17.4 Å². The lowest BCUT2D eigenvalue weighted by Crippen LogP contribution is -2.30. The summed E-state index contributed by atoms with van der Waals surface area (Å²) in [6, 6.07) is 4.76. The van der Waals surface area contributed by atoms with Gasteiger partial charge in [0.05, 0.1) is 12.3 Å². The molecule has 1 aromatic heterocycles. The molecular weight excluding hydrogens is 238 g/mol. The van der Waals surface area contributed by atoms with Crippen LogP contribution in [0.1, 0.15) is 22.9 Å². The van der Waals surface area contributed by atoms with Crippen molar-refractivity contribution in [3.63, 3.8) is 0 Å². The molecule has 5 heteroatoms. The molecule has 1 heterocycles. The average molecular weight is 252 g/mol. The fourth-order valence-corrected chi connectivity index (χ4v) is 1.89. The number of furan rings is 1. The van der Waals surface area contributed by atoms with Crippen LogP contribution in [-0.4, -0.2) is 0 Å². The van der Waals surface area contributed by atoms with Gasteiger partial charge in [-0.15, -0.1) is 0 Å². The molecule has 1 atom stereocenters. The van der Waals surface area contributed by atoms with Gasteiger partial charge in [-0.05, 0) is 48.7 Å². The van der Waals surface area contributed by atoms with Crippen molar-refractivity contribution >= 4 is 0 Å². The Bertz CT molecular complexity index is 540. The van der Waals surface area contributed by atoms with E-state index in [9.17, 15) is 8.78 Å². The molecule has 3 nitrogen and oxygen atoms in total. The summed E-state index contributed by atoms with van der Waals surface area (Å²) in [7, 11) is 0. The van der Waals surface area contributed by atoms with E-state index in [2.05, 4.69) is 5.43 Å². The number of aryl methyl sites for hydroxylation is 1. The molecule has 0 fully saturated rings. The number of nitrogens with two attached hydrogens (primary N) is 1. The molecular formula is C13H14F2N2O. The Labute approximate surface area is 104 Å². The topological polar surface area (TPSA) is 51.2 Å². The maximum Gasteiger partial charge on any atom is 0.126 e. The van der Waals surface area contributed by atoms with E-state index in [-0.39, 0.29) is 12.0 Å². The fraction of sp³-hybridized carbons (Fsp3) is 0.231. The summed E-state index contributed by atoms with van der Waals surface area (Å²) in [6.45, 7) is 1.87. The number of rotatable bonds is 4. The number of benzene rings is 1. The molecule has 18 heavy (non-hydrogen) atoms. The normalized spacial score (nSPS) is 12.7. The van der Waals surface area contributed by atoms with E-state index in [4.69, 9.17) is 10.3 Å². The van der Waals surface area contributed by atoms with Crippen LogP contribution in [0.15, 0.2) is 34.9 Å². The van der Waals surface area contributed by atoms with E-state index in [1.165, 1.54) is 6.26 Å². The summed E-state index contributed by atoms with van der Waals surface area (Å²) in [5.74, 6) is 5.14. The molecule has 0 aliphatic heterocycles. The van der Waals surface area contributed by atoms with Crippen LogP contribution >= 0.6 is 0 Å². The molecule has 0 saturated heterocycles. The van der Waals surface area contributed by atoms with Crippen LogP contribution < -0.4 is 11.3 Å². The van der Waals surface area contributed by atoms with Crippen LogP contribution in [0.3, 0.4) is 0 Å². The van der Waals surface area contributed by atoms with Gasteiger partial charge in [0.25, 0.3) is 0 Å². The van der Waals surface area contributed by atoms with Gasteiger partial charge in [-0.1, -0.05) is 0 Å². The highest BCUT2D eigenvalue weighted by atomic mass is 19.1. The zero-order valence-corrected chi connectivity index (χ0v) is 9.91. The second kappa shape index (κ2) is 5.29. The molecule has 0 radical (unpaired) electrons. The van der Waals surface area contributed by atoms with Gasteiger partial charge in [0.15, 0.2) is 0 Å². The summed E-state index contributed by atoms with van der Waals surface area (Å²) >= 11 is 0. The second-order valence-corrected chi connectivity index (χ2v) is 4.13. The molecule has 2 aromatic rings. The predicted octanol–water partition coefficient (Wildman–Crippen LogP) is 2.61. The van der Waals surface area contributed by atoms with E-state index in [0.717, 1.165) is 23.8 Å². The van der Waals surface area contributed by atoms with Crippen molar-refractivity contribution in [3.05, 3.63) is 59.1 Å². The molecule has 3 N–H and O–H groups in total. The van der Waals surface area contributed by atoms with Crippen molar-refractivity contribution in [2.45, 2.75) is 19.4 Å². The number of hydrogen-bond acceptors (Lipinski definition) is 3. The van der Waals surface area contributed by atoms with E-state index in [1.807, 2.05) is 6.92 Å². The molecule has 0 aliphatic carbocycles. The van der Waals surface area contributed by atoms with Crippen molar-refractivity contribution in [2.24, 2.45) is 5.84 Å². The van der Waals surface area contributed by atoms with Crippen LogP contribution in [0.4, 0.5) is 8.78 Å². The number of hydrazine groups is 1. The van der Waals surface area contributed by atoms with Crippen molar-refractivity contribution in [1.82, 2.24) is 5.43 Å². The lowest BCUT2D eigenvalue weighted by molar-refractivity contribution is 0.408. The number of nitrogens with one attached hydrogen (secondary N) is 1. The molecule has 96 valence electrons. The van der Waals surface area contributed by atoms with Crippen LogP contribution in [-0.2, 0) is 6.42 Å². The quantitative estimate of drug-likeness (QED) is 0.649. The highest BCUT2D eigenvalue weighted by Gasteiger charge is 2.18. The zero-order chi connectivity index (χ0) is 13.1. The van der Waals surface area contributed by atoms with Crippen molar-refractivity contribution in [1.29, 1.82) is 0 Å². The smallest absolute Gasteiger partial charge is 0.126 e. The van der Waals surface area contributed by atoms with Gasteiger partial charge in [-0.3, -0.25) is 5.84 Å². The minimum Gasteiger partial charge on any atom is -0.467 e. The lowest BCUT2D eigenvalue weighted by Gasteiger charge is -2.15. The minimum atomic E-state index is -0.474. The zero-order valence-electron chi connectivity index (χ0n) is 9.91. The van der Waals surface area contributed by atoms with Crippen LogP contribution in [0.25, 0.3) is 0 Å². The third-order valence-corrected chi connectivity index (χ3v) is 2.85. The molecule has 0 bridgehead atoms. The van der Waals surface area contributed by atoms with Gasteiger partial charge < -0.3 is 4.42 Å². The Morgan fingerprint density at radius 2 is 2.11 bits per heavy atom. The monoisotopic (exact) mass is 252 g/mol. The molecule has 0 spiro atoms. The first-order valence-corrected chi connectivity index (χ1v) is 5.56. The van der Waals surface area contributed by atoms with Crippen molar-refractivity contribution in [3.8, 4) is 0 Å². The van der Waals surface area contributed by atoms with E-state index < -0.39 is 17.7 Å². The van der Waals surface area contributed by atoms with Crippen LogP contribution in [0.2, 0.25) is 0 Å². The standard InChI is InChI=1S/C13H14F2N2O/c1-8-4-5-18-13(8)12(17-16)7-9-6-10(14)2-3-11(9)15/h2-6,12,17H,7,16H2,1H3. The Balaban J connectivity index is 2.26. The summed E-state index contributed by atoms with van der Waals surface area (Å²) in [4.78, 5) is 0. The first kappa shape index (κ1) is 12.7. The molecule has 0 aliphatic rings. The third-order valence-electron chi connectivity index (χ3n) is 2.85. The highest BCUT2D eigenvalue weighted by molar-refractivity contribution is 5.24. The maximum absolute atomic E-state index is 13.5. The third kappa shape index (κ3) is 2.57. The predicted molar refractivity (Wildman–Crippen MR) is 63.6 cm³/mol. The van der Waals surface area contributed by atoms with Crippen molar-refractivity contribution < 1.29 is 13.2 Å². The summed E-state index contributed by atoms with van der Waals surface area (Å²) in [5.41, 5.74) is 3.73. The van der Waals surface area contributed by atoms with E-state index >= 15 is 0 Å². The van der Waals surface area contributed by atoms with Gasteiger partial charge in [0, 0.05) is 0 Å². The molecule has 0 amide bonds. The molecule has 1 aromatic carbocycles. The van der Waals surface area contributed by atoms with E-state index in [1.54, 1.807) is 6.07 Å². The van der Waals surface area contributed by atoms with Gasteiger partial charge >= 0.3 is 0 Å². The van der Waals surface area contributed by atoms with Gasteiger partial charge in [-0.25, -0.2) is 14.2 Å². The van der Waals surface area contributed by atoms with Gasteiger partial charge in [0.2, 0.25) is 0 Å². The first-order chi connectivity index (χ1) is 8.61. The molecule has 0 saturated carbocycles. The summed E-state index contributed by atoms with van der Waals surface area (Å²) in [5, 5.41) is 0. The fourth-order valence-electron chi connectivity index (χ4n) is 1.89. The molecule has 2 rings (SSSR count). The SMILES string of the molecule is Cc1ccoc1C(Cc1cc(F)ccc1F)NN. The first-order valence-electron chi connectivity index (χ1n) is 5.56. The van der Waals surface area contributed by atoms with Crippen LogP contribution in [0, 0.1) is 18.6 Å². The Kier molecular flexibility index (Phi) is 3.74. The summed E-state index contributed by atoms with van der Waals surface area (Å²) in [6.07, 6.45) is 1.76. The van der Waals surface area contributed by atoms with Crippen LogP contribution in [0.5, 0.6) is 0 Å². The minimum absolute atomic E-state index is 0.217. The molecule has 1 unspecified atom stereocenters. The highest BCUT2D eigenvalue weighted by Crippen LogP contribution is 2.23. The van der Waals surface area contributed by atoms with E-state index in [0.29, 0.717) is 5.76 Å². The van der Waals surface area contributed by atoms with Gasteiger partial charge in [-0.2, -0.15) is 0 Å². The largest absolute Gasteiger partial charge is 0.467 e. The maximum atomic E-state index is 13.5. The Morgan fingerprint density at radius 3 is 2.72 bits per heavy atom. The average Bonchev–Trinajstić information content (AvgIpc) is 2.77. The second-order valence-electron chi connectivity index (χ2n) is 4.13. The number of halogens is 2.